The topological polar surface area (TPSA) is 44.3 Å². The zero-order valence-electron chi connectivity index (χ0n) is 12.1. The highest BCUT2D eigenvalue weighted by Gasteiger charge is 2.28. The van der Waals surface area contributed by atoms with E-state index in [0.717, 1.165) is 31.0 Å². The fourth-order valence-corrected chi connectivity index (χ4v) is 3.84. The highest BCUT2D eigenvalue weighted by molar-refractivity contribution is 7.17. The number of hydrogen-bond acceptors (Lipinski definition) is 4. The molecule has 0 saturated carbocycles. The molecule has 0 spiro atoms. The number of fused-ring (bicyclic) bond motifs is 1. The van der Waals surface area contributed by atoms with Gasteiger partial charge in [0.15, 0.2) is 0 Å². The lowest BCUT2D eigenvalue weighted by Crippen LogP contribution is -2.51. The molecule has 22 heavy (non-hydrogen) atoms. The minimum atomic E-state index is -0.609. The molecule has 7 heteroatoms. The molecule has 1 aromatic heterocycles. The predicted molar refractivity (Wildman–Crippen MR) is 100 cm³/mol. The van der Waals surface area contributed by atoms with Gasteiger partial charge in [0.1, 0.15) is 0 Å². The molecule has 1 aliphatic rings. The zero-order valence-corrected chi connectivity index (χ0v) is 15.3. The van der Waals surface area contributed by atoms with Crippen molar-refractivity contribution in [3.05, 3.63) is 34.2 Å². The molecule has 1 aromatic carbocycles. The quantitative estimate of drug-likeness (QED) is 0.756. The standard InChI is InChI=1S/C15H19ClN2OS.2ClH/c16-12-2-3-14-13(6-12)11(8-20-14)7-18-10-15(19)4-1-5-17-9-15;;/h2-3,6,8,17-19H,1,4-5,7,9-10H2;2*1H. The number of aliphatic hydroxyl groups is 1. The van der Waals surface area contributed by atoms with Gasteiger partial charge < -0.3 is 15.7 Å². The summed E-state index contributed by atoms with van der Waals surface area (Å²) in [5.41, 5.74) is 0.640. The number of hydrogen-bond donors (Lipinski definition) is 3. The van der Waals surface area contributed by atoms with Crippen LogP contribution in [0.15, 0.2) is 23.6 Å². The first-order valence-electron chi connectivity index (χ1n) is 6.96. The zero-order chi connectivity index (χ0) is 14.0. The van der Waals surface area contributed by atoms with Crippen LogP contribution in [0.5, 0.6) is 0 Å². The van der Waals surface area contributed by atoms with E-state index < -0.39 is 5.60 Å². The van der Waals surface area contributed by atoms with Crippen LogP contribution in [-0.4, -0.2) is 30.3 Å². The first-order chi connectivity index (χ1) is 9.66. The average Bonchev–Trinajstić information content (AvgIpc) is 2.82. The molecule has 1 aliphatic heterocycles. The lowest BCUT2D eigenvalue weighted by atomic mass is 9.94. The molecule has 1 fully saturated rings. The Hall–Kier alpha value is -0.0700. The molecule has 0 amide bonds. The Balaban J connectivity index is 0.00000121. The highest BCUT2D eigenvalue weighted by atomic mass is 35.5. The van der Waals surface area contributed by atoms with Gasteiger partial charge in [0.2, 0.25) is 0 Å². The highest BCUT2D eigenvalue weighted by Crippen LogP contribution is 2.28. The van der Waals surface area contributed by atoms with Gasteiger partial charge in [-0.15, -0.1) is 36.2 Å². The van der Waals surface area contributed by atoms with Gasteiger partial charge in [-0.05, 0) is 53.9 Å². The number of nitrogens with one attached hydrogen (secondary N) is 2. The second-order valence-electron chi connectivity index (χ2n) is 5.51. The smallest absolute Gasteiger partial charge is 0.0895 e. The van der Waals surface area contributed by atoms with Crippen LogP contribution >= 0.6 is 47.8 Å². The molecule has 3 nitrogen and oxygen atoms in total. The van der Waals surface area contributed by atoms with Gasteiger partial charge >= 0.3 is 0 Å². The Morgan fingerprint density at radius 3 is 2.91 bits per heavy atom. The van der Waals surface area contributed by atoms with Crippen LogP contribution < -0.4 is 10.6 Å². The third-order valence-electron chi connectivity index (χ3n) is 3.83. The largest absolute Gasteiger partial charge is 0.387 e. The normalized spacial score (nSPS) is 21.2. The molecule has 3 rings (SSSR count). The molecule has 1 atom stereocenters. The summed E-state index contributed by atoms with van der Waals surface area (Å²) >= 11 is 7.80. The first-order valence-corrected chi connectivity index (χ1v) is 8.22. The molecule has 2 aromatic rings. The van der Waals surface area contributed by atoms with E-state index in [1.165, 1.54) is 15.6 Å². The fourth-order valence-electron chi connectivity index (χ4n) is 2.72. The van der Waals surface area contributed by atoms with Crippen molar-refractivity contribution < 1.29 is 5.11 Å². The lowest BCUT2D eigenvalue weighted by molar-refractivity contribution is 0.0169. The predicted octanol–water partition coefficient (Wildman–Crippen LogP) is 3.60. The summed E-state index contributed by atoms with van der Waals surface area (Å²) in [6, 6.07) is 6.00. The van der Waals surface area contributed by atoms with Crippen molar-refractivity contribution in [2.75, 3.05) is 19.6 Å². The lowest BCUT2D eigenvalue weighted by Gasteiger charge is -2.32. The third kappa shape index (κ3) is 4.71. The molecule has 0 bridgehead atoms. The third-order valence-corrected chi connectivity index (χ3v) is 5.08. The fraction of sp³-hybridized carbons (Fsp3) is 0.467. The van der Waals surface area contributed by atoms with E-state index in [2.05, 4.69) is 22.1 Å². The Labute approximate surface area is 152 Å². The Kier molecular flexibility index (Phi) is 7.89. The van der Waals surface area contributed by atoms with E-state index in [4.69, 9.17) is 11.6 Å². The van der Waals surface area contributed by atoms with Crippen molar-refractivity contribution in [2.24, 2.45) is 0 Å². The molecule has 0 aliphatic carbocycles. The van der Waals surface area contributed by atoms with E-state index in [-0.39, 0.29) is 24.8 Å². The van der Waals surface area contributed by atoms with Crippen LogP contribution in [0.2, 0.25) is 5.02 Å². The van der Waals surface area contributed by atoms with Crippen molar-refractivity contribution in [1.82, 2.24) is 10.6 Å². The maximum Gasteiger partial charge on any atom is 0.0895 e. The molecule has 1 unspecified atom stereocenters. The van der Waals surface area contributed by atoms with Gasteiger partial charge in [0.05, 0.1) is 5.60 Å². The second kappa shape index (κ2) is 8.69. The summed E-state index contributed by atoms with van der Waals surface area (Å²) in [5, 5.41) is 21.2. The SMILES string of the molecule is Cl.Cl.OC1(CNCc2csc3ccc(Cl)cc23)CCCNC1. The number of rotatable bonds is 4. The number of piperidine rings is 1. The van der Waals surface area contributed by atoms with E-state index in [9.17, 15) is 5.11 Å². The Morgan fingerprint density at radius 2 is 2.18 bits per heavy atom. The minimum Gasteiger partial charge on any atom is -0.387 e. The maximum absolute atomic E-state index is 10.4. The van der Waals surface area contributed by atoms with Gasteiger partial charge in [-0.25, -0.2) is 0 Å². The summed E-state index contributed by atoms with van der Waals surface area (Å²) in [6.07, 6.45) is 1.90. The molecule has 2 heterocycles. The van der Waals surface area contributed by atoms with Crippen LogP contribution in [0, 0.1) is 0 Å². The van der Waals surface area contributed by atoms with Crippen molar-refractivity contribution in [3.8, 4) is 0 Å². The Bertz CT molecular complexity index is 599. The molecular weight excluding hydrogens is 363 g/mol. The van der Waals surface area contributed by atoms with Gasteiger partial charge in [0.25, 0.3) is 0 Å². The van der Waals surface area contributed by atoms with Crippen LogP contribution in [0.4, 0.5) is 0 Å². The maximum atomic E-state index is 10.4. The molecular formula is C15H21Cl3N2OS. The van der Waals surface area contributed by atoms with Crippen LogP contribution in [0.25, 0.3) is 10.1 Å². The van der Waals surface area contributed by atoms with E-state index >= 15 is 0 Å². The van der Waals surface area contributed by atoms with Gasteiger partial charge in [-0.3, -0.25) is 0 Å². The van der Waals surface area contributed by atoms with Crippen molar-refractivity contribution in [2.45, 2.75) is 25.0 Å². The Morgan fingerprint density at radius 1 is 1.36 bits per heavy atom. The van der Waals surface area contributed by atoms with Crippen molar-refractivity contribution in [3.63, 3.8) is 0 Å². The summed E-state index contributed by atoms with van der Waals surface area (Å²) in [6.45, 7) is 3.08. The second-order valence-corrected chi connectivity index (χ2v) is 6.86. The van der Waals surface area contributed by atoms with Gasteiger partial charge in [-0.1, -0.05) is 11.6 Å². The van der Waals surface area contributed by atoms with Gasteiger partial charge in [0, 0.05) is 29.4 Å². The summed E-state index contributed by atoms with van der Waals surface area (Å²) < 4.78 is 1.25. The van der Waals surface area contributed by atoms with Crippen LogP contribution in [0.1, 0.15) is 18.4 Å². The number of halogens is 3. The molecule has 1 saturated heterocycles. The van der Waals surface area contributed by atoms with E-state index in [0.29, 0.717) is 13.1 Å². The minimum absolute atomic E-state index is 0. The molecule has 3 N–H and O–H groups in total. The van der Waals surface area contributed by atoms with Crippen LogP contribution in [0.3, 0.4) is 0 Å². The number of thiophene rings is 1. The van der Waals surface area contributed by atoms with E-state index in [1.807, 2.05) is 12.1 Å². The monoisotopic (exact) mass is 382 g/mol. The van der Waals surface area contributed by atoms with Crippen molar-refractivity contribution >= 4 is 57.8 Å². The summed E-state index contributed by atoms with van der Waals surface area (Å²) in [4.78, 5) is 0. The van der Waals surface area contributed by atoms with E-state index in [1.54, 1.807) is 11.3 Å². The van der Waals surface area contributed by atoms with Crippen LogP contribution in [-0.2, 0) is 6.54 Å². The first kappa shape index (κ1) is 20.0. The molecule has 0 radical (unpaired) electrons. The van der Waals surface area contributed by atoms with Crippen molar-refractivity contribution in [1.29, 1.82) is 0 Å². The summed E-state index contributed by atoms with van der Waals surface area (Å²) in [5.74, 6) is 0. The molecule has 124 valence electrons. The number of β-amino-alcohol motifs (C(OH)–C–C–N with tert-alkyl or cyclic N) is 1. The summed E-state index contributed by atoms with van der Waals surface area (Å²) in [7, 11) is 0. The average molecular weight is 384 g/mol. The van der Waals surface area contributed by atoms with Gasteiger partial charge in [-0.2, -0.15) is 0 Å². The number of benzene rings is 1.